The molecule has 114 valence electrons. The van der Waals surface area contributed by atoms with Gasteiger partial charge in [0.1, 0.15) is 11.6 Å². The van der Waals surface area contributed by atoms with Gasteiger partial charge in [-0.25, -0.2) is 9.78 Å². The molecule has 21 heavy (non-hydrogen) atoms. The van der Waals surface area contributed by atoms with E-state index in [4.69, 9.17) is 4.74 Å². The summed E-state index contributed by atoms with van der Waals surface area (Å²) in [6.07, 6.45) is 0.951. The number of amides is 2. The molecular formula is C13H17BrN4O3. The van der Waals surface area contributed by atoms with Gasteiger partial charge in [0.15, 0.2) is 5.82 Å². The molecule has 0 saturated heterocycles. The van der Waals surface area contributed by atoms with Gasteiger partial charge in [0.2, 0.25) is 5.91 Å². The maximum atomic E-state index is 12.1. The summed E-state index contributed by atoms with van der Waals surface area (Å²) in [6, 6.07) is 1.06. The Kier molecular flexibility index (Phi) is 4.36. The van der Waals surface area contributed by atoms with Gasteiger partial charge >= 0.3 is 6.09 Å². The molecule has 0 bridgehead atoms. The van der Waals surface area contributed by atoms with Crippen molar-refractivity contribution < 1.29 is 14.3 Å². The number of nitrogens with one attached hydrogen (secondary N) is 3. The number of rotatable bonds is 1. The molecule has 1 atom stereocenters. The lowest BCUT2D eigenvalue weighted by Gasteiger charge is -2.22. The van der Waals surface area contributed by atoms with E-state index in [0.717, 1.165) is 4.47 Å². The molecule has 1 aliphatic heterocycles. The number of nitrogens with zero attached hydrogens (tertiary/aromatic N) is 1. The molecule has 1 aromatic heterocycles. The number of fused-ring (bicyclic) bond motifs is 1. The van der Waals surface area contributed by atoms with Crippen LogP contribution in [0.3, 0.4) is 0 Å². The number of hydrogen-bond acceptors (Lipinski definition) is 5. The van der Waals surface area contributed by atoms with E-state index >= 15 is 0 Å². The van der Waals surface area contributed by atoms with Gasteiger partial charge in [-0.05, 0) is 42.8 Å². The third-order valence-electron chi connectivity index (χ3n) is 2.60. The number of aromatic nitrogens is 1. The number of carbonyl (C=O) groups is 2. The molecule has 0 saturated carbocycles. The Balaban J connectivity index is 2.05. The second kappa shape index (κ2) is 5.88. The molecule has 1 aliphatic rings. The lowest BCUT2D eigenvalue weighted by atomic mass is 10.2. The Hall–Kier alpha value is -1.83. The minimum atomic E-state index is -0.743. The third kappa shape index (κ3) is 4.32. The molecule has 0 aliphatic carbocycles. The van der Waals surface area contributed by atoms with Crippen LogP contribution in [0.2, 0.25) is 0 Å². The highest BCUT2D eigenvalue weighted by atomic mass is 79.9. The highest BCUT2D eigenvalue weighted by molar-refractivity contribution is 9.10. The van der Waals surface area contributed by atoms with Crippen molar-refractivity contribution in [2.24, 2.45) is 0 Å². The Morgan fingerprint density at radius 1 is 1.52 bits per heavy atom. The lowest BCUT2D eigenvalue weighted by molar-refractivity contribution is -0.117. The van der Waals surface area contributed by atoms with Crippen LogP contribution in [0.1, 0.15) is 20.8 Å². The van der Waals surface area contributed by atoms with E-state index in [1.165, 1.54) is 0 Å². The van der Waals surface area contributed by atoms with Crippen molar-refractivity contribution in [2.45, 2.75) is 32.4 Å². The van der Waals surface area contributed by atoms with Gasteiger partial charge in [-0.15, -0.1) is 0 Å². The third-order valence-corrected chi connectivity index (χ3v) is 3.03. The summed E-state index contributed by atoms with van der Waals surface area (Å²) >= 11 is 3.31. The number of anilines is 2. The zero-order chi connectivity index (χ0) is 15.6. The van der Waals surface area contributed by atoms with Crippen LogP contribution in [0.25, 0.3) is 0 Å². The molecule has 1 aromatic rings. The number of hydrogen-bond donors (Lipinski definition) is 3. The summed E-state index contributed by atoms with van der Waals surface area (Å²) in [5.74, 6) is 0.0821. The SMILES string of the molecule is CC(C)(C)OC(=O)NC1CNc2cc(Br)cnc2NC1=O. The predicted molar refractivity (Wildman–Crippen MR) is 82.2 cm³/mol. The molecule has 0 fully saturated rings. The molecule has 0 aromatic carbocycles. The van der Waals surface area contributed by atoms with E-state index in [1.807, 2.05) is 0 Å². The summed E-state index contributed by atoms with van der Waals surface area (Å²) in [6.45, 7) is 5.52. The van der Waals surface area contributed by atoms with Gasteiger partial charge in [0.25, 0.3) is 0 Å². The van der Waals surface area contributed by atoms with Crippen molar-refractivity contribution in [3.63, 3.8) is 0 Å². The minimum absolute atomic E-state index is 0.246. The standard InChI is InChI=1S/C13H17BrN4O3/c1-13(2,3)21-12(20)17-9-6-15-8-4-7(14)5-16-10(8)18-11(9)19/h4-5,9,15H,6H2,1-3H3,(H,17,20)(H,16,18,19). The van der Waals surface area contributed by atoms with E-state index in [0.29, 0.717) is 11.5 Å². The summed E-state index contributed by atoms with van der Waals surface area (Å²) < 4.78 is 5.94. The molecule has 1 unspecified atom stereocenters. The number of halogens is 1. The molecule has 3 N–H and O–H groups in total. The van der Waals surface area contributed by atoms with E-state index in [2.05, 4.69) is 36.9 Å². The molecule has 0 radical (unpaired) electrons. The predicted octanol–water partition coefficient (Wildman–Crippen LogP) is 2.10. The van der Waals surface area contributed by atoms with Crippen LogP contribution in [0.4, 0.5) is 16.3 Å². The molecular weight excluding hydrogens is 340 g/mol. The second-order valence-corrected chi connectivity index (χ2v) is 6.53. The maximum Gasteiger partial charge on any atom is 0.408 e. The van der Waals surface area contributed by atoms with Gasteiger partial charge in [0, 0.05) is 17.2 Å². The van der Waals surface area contributed by atoms with E-state index in [-0.39, 0.29) is 12.5 Å². The normalized spacial score (nSPS) is 17.9. The fourth-order valence-corrected chi connectivity index (χ4v) is 2.08. The van der Waals surface area contributed by atoms with Gasteiger partial charge < -0.3 is 20.7 Å². The summed E-state index contributed by atoms with van der Waals surface area (Å²) in [4.78, 5) is 28.0. The van der Waals surface area contributed by atoms with Crippen LogP contribution < -0.4 is 16.0 Å². The van der Waals surface area contributed by atoms with Crippen molar-refractivity contribution >= 4 is 39.4 Å². The fraction of sp³-hybridized carbons (Fsp3) is 0.462. The van der Waals surface area contributed by atoms with Crippen LogP contribution in [0.15, 0.2) is 16.7 Å². The van der Waals surface area contributed by atoms with Crippen molar-refractivity contribution in [3.05, 3.63) is 16.7 Å². The van der Waals surface area contributed by atoms with Crippen LogP contribution in [0, 0.1) is 0 Å². The first-order chi connectivity index (χ1) is 9.74. The van der Waals surface area contributed by atoms with Gasteiger partial charge in [0.05, 0.1) is 5.69 Å². The lowest BCUT2D eigenvalue weighted by Crippen LogP contribution is -2.48. The van der Waals surface area contributed by atoms with Gasteiger partial charge in [-0.2, -0.15) is 0 Å². The molecule has 2 amide bonds. The molecule has 2 heterocycles. The number of pyridine rings is 1. The zero-order valence-electron chi connectivity index (χ0n) is 12.0. The molecule has 2 rings (SSSR count). The first kappa shape index (κ1) is 15.6. The number of alkyl carbamates (subject to hydrolysis) is 1. The first-order valence-electron chi connectivity index (χ1n) is 6.44. The van der Waals surface area contributed by atoms with Crippen LogP contribution >= 0.6 is 15.9 Å². The average molecular weight is 357 g/mol. The topological polar surface area (TPSA) is 92.3 Å². The maximum absolute atomic E-state index is 12.1. The summed E-state index contributed by atoms with van der Waals surface area (Å²) in [5, 5.41) is 8.27. The van der Waals surface area contributed by atoms with Crippen molar-refractivity contribution in [3.8, 4) is 0 Å². The summed E-state index contributed by atoms with van der Waals surface area (Å²) in [5.41, 5.74) is 0.0693. The highest BCUT2D eigenvalue weighted by Gasteiger charge is 2.27. The number of ether oxygens (including phenoxy) is 1. The Morgan fingerprint density at radius 2 is 2.24 bits per heavy atom. The fourth-order valence-electron chi connectivity index (χ4n) is 1.75. The molecule has 0 spiro atoms. The first-order valence-corrected chi connectivity index (χ1v) is 7.24. The number of carbonyl (C=O) groups excluding carboxylic acids is 2. The highest BCUT2D eigenvalue weighted by Crippen LogP contribution is 2.25. The van der Waals surface area contributed by atoms with Crippen LogP contribution in [0.5, 0.6) is 0 Å². The molecule has 8 heteroatoms. The monoisotopic (exact) mass is 356 g/mol. The Labute approximate surface area is 131 Å². The molecule has 7 nitrogen and oxygen atoms in total. The zero-order valence-corrected chi connectivity index (χ0v) is 13.6. The van der Waals surface area contributed by atoms with Crippen molar-refractivity contribution in [1.82, 2.24) is 10.3 Å². The van der Waals surface area contributed by atoms with Crippen molar-refractivity contribution in [2.75, 3.05) is 17.2 Å². The summed E-state index contributed by atoms with van der Waals surface area (Å²) in [7, 11) is 0. The largest absolute Gasteiger partial charge is 0.444 e. The quantitative estimate of drug-likeness (QED) is 0.716. The Morgan fingerprint density at radius 3 is 2.90 bits per heavy atom. The van der Waals surface area contributed by atoms with E-state index < -0.39 is 17.7 Å². The Bertz CT molecular complexity index is 571. The smallest absolute Gasteiger partial charge is 0.408 e. The van der Waals surface area contributed by atoms with Gasteiger partial charge in [-0.1, -0.05) is 0 Å². The second-order valence-electron chi connectivity index (χ2n) is 5.62. The van der Waals surface area contributed by atoms with Crippen LogP contribution in [-0.2, 0) is 9.53 Å². The van der Waals surface area contributed by atoms with E-state index in [9.17, 15) is 9.59 Å². The minimum Gasteiger partial charge on any atom is -0.444 e. The van der Waals surface area contributed by atoms with E-state index in [1.54, 1.807) is 33.0 Å². The van der Waals surface area contributed by atoms with Crippen LogP contribution in [-0.4, -0.2) is 35.2 Å². The average Bonchev–Trinajstić information content (AvgIpc) is 2.48. The van der Waals surface area contributed by atoms with Gasteiger partial charge in [-0.3, -0.25) is 4.79 Å². The van der Waals surface area contributed by atoms with Crippen molar-refractivity contribution in [1.29, 1.82) is 0 Å².